The molecule has 1 N–H and O–H groups in total. The molecule has 158 valence electrons. The Labute approximate surface area is 163 Å². The van der Waals surface area contributed by atoms with Gasteiger partial charge in [-0.2, -0.15) is 0 Å². The summed E-state index contributed by atoms with van der Waals surface area (Å²) >= 11 is 0. The third-order valence-corrected chi connectivity index (χ3v) is 4.11. The van der Waals surface area contributed by atoms with Crippen LogP contribution in [-0.4, -0.2) is 43.4 Å². The second-order valence-electron chi connectivity index (χ2n) is 6.74. The fourth-order valence-corrected chi connectivity index (χ4v) is 2.54. The molecule has 0 saturated heterocycles. The van der Waals surface area contributed by atoms with E-state index >= 15 is 0 Å². The molecule has 0 saturated carbocycles. The number of rotatable bonds is 15. The average molecular weight is 388 g/mol. The Balaban J connectivity index is 3.76. The number of esters is 2. The van der Waals surface area contributed by atoms with Gasteiger partial charge in [0.1, 0.15) is 12.7 Å². The van der Waals surface area contributed by atoms with E-state index in [1.165, 1.54) is 6.92 Å². The second kappa shape index (κ2) is 16.4. The molecule has 0 aliphatic heterocycles. The number of hydrogen-bond donors (Lipinski definition) is 1. The first-order valence-electron chi connectivity index (χ1n) is 10.2. The fraction of sp³-hybridized carbons (Fsp3) is 0.850. The van der Waals surface area contributed by atoms with Crippen molar-refractivity contribution < 1.29 is 28.6 Å². The van der Waals surface area contributed by atoms with Crippen molar-refractivity contribution in [2.75, 3.05) is 13.2 Å². The summed E-state index contributed by atoms with van der Waals surface area (Å²) in [5.41, 5.74) is 0. The van der Waals surface area contributed by atoms with E-state index in [1.807, 2.05) is 13.8 Å². The molecule has 0 aliphatic rings. The van der Waals surface area contributed by atoms with Crippen LogP contribution in [0.3, 0.4) is 0 Å². The van der Waals surface area contributed by atoms with Crippen molar-refractivity contribution in [3.8, 4) is 0 Å². The van der Waals surface area contributed by atoms with Crippen LogP contribution in [0.2, 0.25) is 0 Å². The van der Waals surface area contributed by atoms with Gasteiger partial charge >= 0.3 is 18.0 Å². The molecular weight excluding hydrogens is 350 g/mol. The molecule has 7 heteroatoms. The lowest BCUT2D eigenvalue weighted by molar-refractivity contribution is -0.148. The first-order chi connectivity index (χ1) is 12.9. The Morgan fingerprint density at radius 3 is 2.33 bits per heavy atom. The zero-order valence-corrected chi connectivity index (χ0v) is 17.4. The summed E-state index contributed by atoms with van der Waals surface area (Å²) in [4.78, 5) is 34.1. The molecular formula is C20H37NO6. The SMILES string of the molecule is CCCCC(C)OC(=O)CCCCCC(CC)OC(=O)NCCOC(C)=O. The molecule has 27 heavy (non-hydrogen) atoms. The van der Waals surface area contributed by atoms with E-state index in [0.29, 0.717) is 6.42 Å². The monoisotopic (exact) mass is 387 g/mol. The predicted octanol–water partition coefficient (Wildman–Crippen LogP) is 4.13. The summed E-state index contributed by atoms with van der Waals surface area (Å²) in [5, 5.41) is 2.55. The lowest BCUT2D eigenvalue weighted by Gasteiger charge is -2.16. The minimum absolute atomic E-state index is 0.00493. The van der Waals surface area contributed by atoms with Gasteiger partial charge in [-0.3, -0.25) is 9.59 Å². The minimum atomic E-state index is -0.501. The lowest BCUT2D eigenvalue weighted by atomic mass is 10.1. The molecule has 0 spiro atoms. The van der Waals surface area contributed by atoms with Gasteiger partial charge in [0, 0.05) is 13.3 Å². The van der Waals surface area contributed by atoms with Gasteiger partial charge in [0.05, 0.1) is 12.6 Å². The fourth-order valence-electron chi connectivity index (χ4n) is 2.54. The van der Waals surface area contributed by atoms with Gasteiger partial charge in [-0.25, -0.2) is 4.79 Å². The van der Waals surface area contributed by atoms with E-state index in [9.17, 15) is 14.4 Å². The quantitative estimate of drug-likeness (QED) is 0.258. The molecule has 0 bridgehead atoms. The molecule has 7 nitrogen and oxygen atoms in total. The predicted molar refractivity (Wildman–Crippen MR) is 103 cm³/mol. The zero-order chi connectivity index (χ0) is 20.5. The van der Waals surface area contributed by atoms with Gasteiger partial charge in [-0.05, 0) is 39.0 Å². The number of unbranched alkanes of at least 4 members (excludes halogenated alkanes) is 3. The third kappa shape index (κ3) is 16.1. The summed E-state index contributed by atoms with van der Waals surface area (Å²) in [6.07, 6.45) is 6.93. The summed E-state index contributed by atoms with van der Waals surface area (Å²) in [6.45, 7) is 7.70. The van der Waals surface area contributed by atoms with Crippen molar-refractivity contribution in [1.29, 1.82) is 0 Å². The molecule has 0 heterocycles. The Kier molecular flexibility index (Phi) is 15.3. The number of ether oxygens (including phenoxy) is 3. The van der Waals surface area contributed by atoms with Crippen LogP contribution < -0.4 is 5.32 Å². The highest BCUT2D eigenvalue weighted by molar-refractivity contribution is 5.69. The summed E-state index contributed by atoms with van der Waals surface area (Å²) in [7, 11) is 0. The van der Waals surface area contributed by atoms with Crippen molar-refractivity contribution in [2.45, 2.75) is 97.7 Å². The molecule has 0 aliphatic carbocycles. The van der Waals surface area contributed by atoms with Crippen molar-refractivity contribution in [3.63, 3.8) is 0 Å². The number of hydrogen-bond acceptors (Lipinski definition) is 6. The topological polar surface area (TPSA) is 90.9 Å². The Morgan fingerprint density at radius 1 is 0.963 bits per heavy atom. The van der Waals surface area contributed by atoms with Crippen LogP contribution in [0.15, 0.2) is 0 Å². The normalized spacial score (nSPS) is 12.7. The standard InChI is InChI=1S/C20H37NO6/c1-5-7-11-16(3)26-19(23)13-10-8-9-12-18(6-2)27-20(24)21-14-15-25-17(4)22/h16,18H,5-15H2,1-4H3,(H,21,24). The average Bonchev–Trinajstić information content (AvgIpc) is 2.62. The highest BCUT2D eigenvalue weighted by Gasteiger charge is 2.13. The van der Waals surface area contributed by atoms with E-state index in [2.05, 4.69) is 12.2 Å². The summed E-state index contributed by atoms with van der Waals surface area (Å²) in [6, 6.07) is 0. The molecule has 0 rings (SSSR count). The van der Waals surface area contributed by atoms with Gasteiger partial charge in [-0.15, -0.1) is 0 Å². The molecule has 0 aromatic carbocycles. The van der Waals surface area contributed by atoms with Crippen LogP contribution >= 0.6 is 0 Å². The van der Waals surface area contributed by atoms with Crippen LogP contribution in [-0.2, 0) is 23.8 Å². The first kappa shape index (κ1) is 25.2. The van der Waals surface area contributed by atoms with E-state index in [4.69, 9.17) is 14.2 Å². The van der Waals surface area contributed by atoms with Gasteiger partial charge in [-0.1, -0.05) is 33.1 Å². The maximum Gasteiger partial charge on any atom is 0.407 e. The van der Waals surface area contributed by atoms with Crippen LogP contribution in [0, 0.1) is 0 Å². The molecule has 0 aromatic heterocycles. The van der Waals surface area contributed by atoms with Crippen LogP contribution in [0.25, 0.3) is 0 Å². The zero-order valence-electron chi connectivity index (χ0n) is 17.4. The van der Waals surface area contributed by atoms with Crippen molar-refractivity contribution >= 4 is 18.0 Å². The smallest absolute Gasteiger partial charge is 0.407 e. The van der Waals surface area contributed by atoms with E-state index in [-0.39, 0.29) is 37.3 Å². The summed E-state index contributed by atoms with van der Waals surface area (Å²) < 4.78 is 15.4. The van der Waals surface area contributed by atoms with Gasteiger partial charge < -0.3 is 19.5 Å². The highest BCUT2D eigenvalue weighted by atomic mass is 16.6. The van der Waals surface area contributed by atoms with E-state index in [0.717, 1.165) is 51.4 Å². The first-order valence-corrected chi connectivity index (χ1v) is 10.2. The maximum atomic E-state index is 11.8. The molecule has 0 radical (unpaired) electrons. The lowest BCUT2D eigenvalue weighted by Crippen LogP contribution is -2.31. The molecule has 2 unspecified atom stereocenters. The van der Waals surface area contributed by atoms with Crippen molar-refractivity contribution in [3.05, 3.63) is 0 Å². The summed E-state index contributed by atoms with van der Waals surface area (Å²) in [5.74, 6) is -0.509. The van der Waals surface area contributed by atoms with E-state index < -0.39 is 6.09 Å². The van der Waals surface area contributed by atoms with Gasteiger partial charge in [0.2, 0.25) is 0 Å². The van der Waals surface area contributed by atoms with Crippen molar-refractivity contribution in [1.82, 2.24) is 5.32 Å². The number of alkyl carbamates (subject to hydrolysis) is 1. The number of carbonyl (C=O) groups is 3. The minimum Gasteiger partial charge on any atom is -0.464 e. The second-order valence-corrected chi connectivity index (χ2v) is 6.74. The molecule has 1 amide bonds. The number of carbonyl (C=O) groups excluding carboxylic acids is 3. The van der Waals surface area contributed by atoms with Crippen molar-refractivity contribution in [2.24, 2.45) is 0 Å². The van der Waals surface area contributed by atoms with E-state index in [1.54, 1.807) is 0 Å². The van der Waals surface area contributed by atoms with Crippen LogP contribution in [0.5, 0.6) is 0 Å². The Hall–Kier alpha value is -1.79. The number of nitrogens with one attached hydrogen (secondary N) is 1. The Morgan fingerprint density at radius 2 is 1.70 bits per heavy atom. The van der Waals surface area contributed by atoms with Crippen LogP contribution in [0.4, 0.5) is 4.79 Å². The van der Waals surface area contributed by atoms with Gasteiger partial charge in [0.25, 0.3) is 0 Å². The maximum absolute atomic E-state index is 11.8. The highest BCUT2D eigenvalue weighted by Crippen LogP contribution is 2.12. The molecule has 0 fully saturated rings. The number of amides is 1. The third-order valence-electron chi connectivity index (χ3n) is 4.11. The largest absolute Gasteiger partial charge is 0.464 e. The van der Waals surface area contributed by atoms with Crippen LogP contribution in [0.1, 0.15) is 85.5 Å². The Bertz CT molecular complexity index is 427. The molecule has 0 aromatic rings. The van der Waals surface area contributed by atoms with Gasteiger partial charge in [0.15, 0.2) is 0 Å². The molecule has 2 atom stereocenters.